The molecule has 12 heteroatoms. The minimum atomic E-state index is -4.64. The van der Waals surface area contributed by atoms with E-state index in [0.717, 1.165) is 57.8 Å². The molecule has 11 nitrogen and oxygen atoms in total. The van der Waals surface area contributed by atoms with Crippen LogP contribution in [0.5, 0.6) is 0 Å². The number of esters is 2. The number of ether oxygens (including phenoxy) is 3. The second kappa shape index (κ2) is 31.0. The number of carbonyl (C=O) groups is 2. The molecule has 0 radical (unpaired) electrons. The average Bonchev–Trinajstić information content (AvgIpc) is 3.87. The van der Waals surface area contributed by atoms with Crippen LogP contribution in [0.1, 0.15) is 124 Å². The molecule has 1 rings (SSSR count). The Bertz CT molecular complexity index is 1130. The number of hydrogen-bond acceptors (Lipinski definition) is 10. The van der Waals surface area contributed by atoms with Crippen molar-refractivity contribution in [1.29, 1.82) is 0 Å². The predicted molar refractivity (Wildman–Crippen MR) is 204 cm³/mol. The number of rotatable bonds is 33. The Morgan fingerprint density at radius 1 is 0.731 bits per heavy atom. The molecule has 5 atom stereocenters. The highest BCUT2D eigenvalue weighted by Gasteiger charge is 2.36. The van der Waals surface area contributed by atoms with E-state index in [1.807, 2.05) is 12.2 Å². The van der Waals surface area contributed by atoms with E-state index < -0.39 is 51.8 Å². The van der Waals surface area contributed by atoms with E-state index >= 15 is 0 Å². The Kier molecular flexibility index (Phi) is 28.4. The summed E-state index contributed by atoms with van der Waals surface area (Å²) in [6, 6.07) is 0. The Hall–Kier alpha value is -2.37. The molecule has 0 amide bonds. The van der Waals surface area contributed by atoms with Crippen molar-refractivity contribution in [1.82, 2.24) is 0 Å². The first-order valence-corrected chi connectivity index (χ1v) is 20.7. The summed E-state index contributed by atoms with van der Waals surface area (Å²) < 4.78 is 38.1. The first-order chi connectivity index (χ1) is 25.1. The van der Waals surface area contributed by atoms with Gasteiger partial charge in [0.25, 0.3) is 0 Å². The fourth-order valence-electron chi connectivity index (χ4n) is 4.95. The summed E-state index contributed by atoms with van der Waals surface area (Å²) in [6.07, 6.45) is 32.8. The number of phosphoric ester groups is 1. The lowest BCUT2D eigenvalue weighted by Crippen LogP contribution is -2.29. The number of hydrogen-bond donors (Lipinski definition) is 3. The molecule has 3 unspecified atom stereocenters. The van der Waals surface area contributed by atoms with Gasteiger partial charge in [0, 0.05) is 12.8 Å². The van der Waals surface area contributed by atoms with E-state index in [9.17, 15) is 24.2 Å². The van der Waals surface area contributed by atoms with Gasteiger partial charge in [0.05, 0.1) is 32.0 Å². The number of carbonyl (C=O) groups excluding carboxylic acids is 2. The molecule has 1 heterocycles. The van der Waals surface area contributed by atoms with Crippen LogP contribution in [0.25, 0.3) is 0 Å². The zero-order valence-electron chi connectivity index (χ0n) is 31.9. The van der Waals surface area contributed by atoms with Gasteiger partial charge in [0.15, 0.2) is 6.10 Å². The molecule has 52 heavy (non-hydrogen) atoms. The molecule has 3 N–H and O–H groups in total. The SMILES string of the molecule is CC/C=C\CC1OC1C/C=C\C/C=C\C/C=C\C/C=C\CCC(=O)O[C@H](COC(=O)CCCCCCCCC(C)C)COP(=O)(O)OC[C@@H](O)CO. The van der Waals surface area contributed by atoms with Crippen molar-refractivity contribution in [3.05, 3.63) is 60.8 Å². The van der Waals surface area contributed by atoms with E-state index in [1.54, 1.807) is 0 Å². The summed E-state index contributed by atoms with van der Waals surface area (Å²) >= 11 is 0. The fourth-order valence-corrected chi connectivity index (χ4v) is 5.74. The van der Waals surface area contributed by atoms with E-state index in [0.29, 0.717) is 31.0 Å². The fraction of sp³-hybridized carbons (Fsp3) is 0.700. The van der Waals surface area contributed by atoms with Crippen LogP contribution in [0.15, 0.2) is 60.8 Å². The lowest BCUT2D eigenvalue weighted by Gasteiger charge is -2.20. The van der Waals surface area contributed by atoms with Gasteiger partial charge < -0.3 is 29.3 Å². The van der Waals surface area contributed by atoms with Gasteiger partial charge in [-0.15, -0.1) is 0 Å². The lowest BCUT2D eigenvalue weighted by atomic mass is 10.0. The zero-order chi connectivity index (χ0) is 38.3. The lowest BCUT2D eigenvalue weighted by molar-refractivity contribution is -0.161. The summed E-state index contributed by atoms with van der Waals surface area (Å²) in [6.45, 7) is 4.36. The summed E-state index contributed by atoms with van der Waals surface area (Å²) in [4.78, 5) is 34.7. The van der Waals surface area contributed by atoms with Gasteiger partial charge in [-0.25, -0.2) is 4.57 Å². The third-order valence-corrected chi connectivity index (χ3v) is 8.98. The monoisotopic (exact) mass is 754 g/mol. The smallest absolute Gasteiger partial charge is 0.462 e. The van der Waals surface area contributed by atoms with Gasteiger partial charge in [-0.3, -0.25) is 18.6 Å². The van der Waals surface area contributed by atoms with Crippen molar-refractivity contribution >= 4 is 19.8 Å². The number of aliphatic hydroxyl groups excluding tert-OH is 2. The maximum Gasteiger partial charge on any atom is 0.472 e. The van der Waals surface area contributed by atoms with E-state index in [-0.39, 0.29) is 19.4 Å². The normalized spacial score (nSPS) is 18.7. The van der Waals surface area contributed by atoms with Gasteiger partial charge in [0.1, 0.15) is 12.7 Å². The van der Waals surface area contributed by atoms with Crippen LogP contribution in [0.2, 0.25) is 0 Å². The largest absolute Gasteiger partial charge is 0.472 e. The number of phosphoric acid groups is 1. The predicted octanol–water partition coefficient (Wildman–Crippen LogP) is 8.39. The molecule has 0 spiro atoms. The van der Waals surface area contributed by atoms with Gasteiger partial charge in [0.2, 0.25) is 0 Å². The quantitative estimate of drug-likeness (QED) is 0.0194. The minimum absolute atomic E-state index is 0.0531. The van der Waals surface area contributed by atoms with Crippen LogP contribution >= 0.6 is 7.82 Å². The topological polar surface area (TPSA) is 161 Å². The summed E-state index contributed by atoms with van der Waals surface area (Å²) in [5, 5.41) is 18.3. The van der Waals surface area contributed by atoms with Crippen LogP contribution < -0.4 is 0 Å². The Labute approximate surface area is 312 Å². The Balaban J connectivity index is 2.34. The highest BCUT2D eigenvalue weighted by Crippen LogP contribution is 2.43. The standard InChI is InChI=1S/C40H67O11P/c1-4-5-20-26-37-38(51-37)27-22-17-12-10-8-6-7-9-11-13-19-24-29-40(44)50-36(33-49-52(45,46)48-31-35(42)30-41)32-47-39(43)28-23-18-15-14-16-21-25-34(2)3/h5,7-10,13,17,19-20,22,34-38,41-42H,4,6,11-12,14-16,18,21,23-33H2,1-3H3,(H,45,46)/b9-7-,10-8-,19-13-,20-5-,22-17-/t35-,36+,37?,38?/m0/s1. The van der Waals surface area contributed by atoms with Gasteiger partial charge in [-0.05, 0) is 57.3 Å². The molecule has 1 fully saturated rings. The second-order valence-electron chi connectivity index (χ2n) is 13.4. The van der Waals surface area contributed by atoms with Gasteiger partial charge >= 0.3 is 19.8 Å². The third-order valence-electron chi connectivity index (χ3n) is 8.03. The number of allylic oxidation sites excluding steroid dienone is 8. The Morgan fingerprint density at radius 2 is 1.29 bits per heavy atom. The summed E-state index contributed by atoms with van der Waals surface area (Å²) in [5.41, 5.74) is 0. The first-order valence-electron chi connectivity index (χ1n) is 19.2. The highest BCUT2D eigenvalue weighted by atomic mass is 31.2. The molecule has 1 saturated heterocycles. The van der Waals surface area contributed by atoms with Gasteiger partial charge in [-0.1, -0.05) is 120 Å². The van der Waals surface area contributed by atoms with Crippen LogP contribution in [0.4, 0.5) is 0 Å². The maximum atomic E-state index is 12.5. The zero-order valence-corrected chi connectivity index (χ0v) is 32.8. The molecule has 1 aliphatic heterocycles. The second-order valence-corrected chi connectivity index (χ2v) is 14.9. The average molecular weight is 755 g/mol. The number of unbranched alkanes of at least 4 members (excludes halogenated alkanes) is 5. The van der Waals surface area contributed by atoms with Crippen molar-refractivity contribution in [2.75, 3.05) is 26.4 Å². The third kappa shape index (κ3) is 29.1. The number of epoxide rings is 1. The molecule has 0 aromatic rings. The van der Waals surface area contributed by atoms with Crippen LogP contribution in [0.3, 0.4) is 0 Å². The van der Waals surface area contributed by atoms with Crippen molar-refractivity contribution in [3.8, 4) is 0 Å². The molecular formula is C40H67O11P. The Morgan fingerprint density at radius 3 is 1.90 bits per heavy atom. The molecular weight excluding hydrogens is 687 g/mol. The molecule has 298 valence electrons. The molecule has 1 aliphatic rings. The van der Waals surface area contributed by atoms with Crippen molar-refractivity contribution < 1.29 is 52.5 Å². The molecule has 0 bridgehead atoms. The molecule has 0 aromatic carbocycles. The van der Waals surface area contributed by atoms with E-state index in [4.69, 9.17) is 23.8 Å². The van der Waals surface area contributed by atoms with E-state index in [2.05, 4.69) is 73.9 Å². The highest BCUT2D eigenvalue weighted by molar-refractivity contribution is 7.47. The molecule has 0 aromatic heterocycles. The molecule has 0 aliphatic carbocycles. The first kappa shape index (κ1) is 47.7. The van der Waals surface area contributed by atoms with Crippen molar-refractivity contribution in [2.45, 2.75) is 148 Å². The summed E-state index contributed by atoms with van der Waals surface area (Å²) in [7, 11) is -4.64. The number of aliphatic hydroxyl groups is 2. The minimum Gasteiger partial charge on any atom is -0.462 e. The van der Waals surface area contributed by atoms with E-state index in [1.165, 1.54) is 19.3 Å². The van der Waals surface area contributed by atoms with Crippen LogP contribution in [-0.4, -0.2) is 77.9 Å². The van der Waals surface area contributed by atoms with Crippen LogP contribution in [-0.2, 0) is 37.4 Å². The summed E-state index contributed by atoms with van der Waals surface area (Å²) in [5.74, 6) is -0.326. The van der Waals surface area contributed by atoms with Crippen LogP contribution in [0, 0.1) is 5.92 Å². The van der Waals surface area contributed by atoms with Crippen molar-refractivity contribution in [2.24, 2.45) is 5.92 Å². The van der Waals surface area contributed by atoms with Crippen molar-refractivity contribution in [3.63, 3.8) is 0 Å². The maximum absolute atomic E-state index is 12.5. The van der Waals surface area contributed by atoms with Gasteiger partial charge in [-0.2, -0.15) is 0 Å². The molecule has 0 saturated carbocycles.